The first-order chi connectivity index (χ1) is 13.2. The van der Waals surface area contributed by atoms with Crippen LogP contribution in [0.25, 0.3) is 12.2 Å². The van der Waals surface area contributed by atoms with E-state index in [1.807, 2.05) is 0 Å². The number of carbonyl (C=O) groups is 1. The molecule has 3 rings (SSSR count). The van der Waals surface area contributed by atoms with E-state index < -0.39 is 23.8 Å². The van der Waals surface area contributed by atoms with Gasteiger partial charge >= 0.3 is 12.1 Å². The summed E-state index contributed by atoms with van der Waals surface area (Å²) in [5.74, 6) is -1.46. The molecule has 1 N–H and O–H groups in total. The summed E-state index contributed by atoms with van der Waals surface area (Å²) >= 11 is 11.6. The van der Waals surface area contributed by atoms with E-state index in [9.17, 15) is 18.0 Å². The maximum Gasteiger partial charge on any atom is 0.430 e. The van der Waals surface area contributed by atoms with Crippen molar-refractivity contribution in [3.05, 3.63) is 63.7 Å². The summed E-state index contributed by atoms with van der Waals surface area (Å²) in [4.78, 5) is 11.2. The molecule has 1 unspecified atom stereocenters. The number of benzene rings is 2. The zero-order valence-corrected chi connectivity index (χ0v) is 15.3. The van der Waals surface area contributed by atoms with Crippen LogP contribution in [0.2, 0.25) is 5.02 Å². The molecule has 1 heterocycles. The van der Waals surface area contributed by atoms with Crippen molar-refractivity contribution < 1.29 is 32.5 Å². The van der Waals surface area contributed by atoms with Crippen LogP contribution in [0, 0.1) is 0 Å². The van der Waals surface area contributed by atoms with Crippen LogP contribution in [-0.2, 0) is 4.79 Å². The van der Waals surface area contributed by atoms with E-state index in [0.29, 0.717) is 5.75 Å². The molecule has 0 radical (unpaired) electrons. The Morgan fingerprint density at radius 1 is 1.21 bits per heavy atom. The van der Waals surface area contributed by atoms with Crippen LogP contribution < -0.4 is 9.47 Å². The summed E-state index contributed by atoms with van der Waals surface area (Å²) in [5, 5.41) is 9.14. The Bertz CT molecular complexity index is 966. The molecule has 1 aliphatic rings. The van der Waals surface area contributed by atoms with E-state index in [0.717, 1.165) is 11.6 Å². The first kappa shape index (κ1) is 20.1. The number of fused-ring (bicyclic) bond motifs is 1. The molecule has 1 aliphatic heterocycles. The number of aliphatic carboxylic acids is 1. The minimum atomic E-state index is -4.89. The van der Waals surface area contributed by atoms with Gasteiger partial charge in [0.25, 0.3) is 0 Å². The van der Waals surface area contributed by atoms with Crippen LogP contribution in [0.5, 0.6) is 17.2 Å². The molecule has 1 atom stereocenters. The Morgan fingerprint density at radius 3 is 2.46 bits per heavy atom. The first-order valence-electron chi connectivity index (χ1n) is 7.75. The smallest absolute Gasteiger partial charge is 0.430 e. The first-order valence-corrected chi connectivity index (χ1v) is 8.57. The van der Waals surface area contributed by atoms with Gasteiger partial charge in [0.1, 0.15) is 17.2 Å². The Labute approximate surface area is 167 Å². The summed E-state index contributed by atoms with van der Waals surface area (Å²) in [6.07, 6.45) is -4.93. The lowest BCUT2D eigenvalue weighted by atomic mass is 10.0. The topological polar surface area (TPSA) is 55.8 Å². The maximum atomic E-state index is 13.2. The molecule has 146 valence electrons. The molecule has 0 bridgehead atoms. The van der Waals surface area contributed by atoms with E-state index in [1.54, 1.807) is 30.3 Å². The minimum absolute atomic E-state index is 0.0640. The average molecular weight is 431 g/mol. The number of hydrogen-bond acceptors (Lipinski definition) is 3. The molecule has 0 aromatic heterocycles. The van der Waals surface area contributed by atoms with Crippen LogP contribution >= 0.6 is 23.2 Å². The lowest BCUT2D eigenvalue weighted by Gasteiger charge is -2.27. The monoisotopic (exact) mass is 430 g/mol. The van der Waals surface area contributed by atoms with E-state index in [1.165, 1.54) is 17.7 Å². The van der Waals surface area contributed by atoms with Gasteiger partial charge in [0.15, 0.2) is 0 Å². The Balaban J connectivity index is 1.95. The van der Waals surface area contributed by atoms with Crippen molar-refractivity contribution in [3.8, 4) is 17.2 Å². The second kappa shape index (κ2) is 7.77. The third-order valence-corrected chi connectivity index (χ3v) is 4.23. The number of ether oxygens (including phenoxy) is 2. The van der Waals surface area contributed by atoms with Gasteiger partial charge < -0.3 is 14.6 Å². The van der Waals surface area contributed by atoms with Gasteiger partial charge in [-0.05, 0) is 35.9 Å². The highest BCUT2D eigenvalue weighted by molar-refractivity contribution is 6.32. The van der Waals surface area contributed by atoms with Gasteiger partial charge in [-0.15, -0.1) is 0 Å². The maximum absolute atomic E-state index is 13.2. The molecule has 0 amide bonds. The van der Waals surface area contributed by atoms with E-state index in [-0.39, 0.29) is 22.1 Å². The minimum Gasteiger partial charge on any atom is -0.478 e. The number of rotatable bonds is 4. The Kier molecular flexibility index (Phi) is 5.58. The number of hydrogen-bond donors (Lipinski definition) is 1. The van der Waals surface area contributed by atoms with Crippen molar-refractivity contribution in [1.29, 1.82) is 0 Å². The summed E-state index contributed by atoms with van der Waals surface area (Å²) in [6, 6.07) is 9.18. The van der Waals surface area contributed by atoms with Gasteiger partial charge in [0.05, 0.1) is 10.6 Å². The summed E-state index contributed by atoms with van der Waals surface area (Å²) in [5.41, 5.74) is 1.36. The average Bonchev–Trinajstić information content (AvgIpc) is 2.62. The SMILES string of the molecule is O=C(O)C1=Cc2cc(Cl)c(Oc3ccc(C=CCl)cc3)cc2OC1C(F)(F)F. The predicted octanol–water partition coefficient (Wildman–Crippen LogP) is 6.13. The molecule has 0 saturated heterocycles. The molecule has 2 aromatic carbocycles. The Morgan fingerprint density at radius 2 is 1.89 bits per heavy atom. The summed E-state index contributed by atoms with van der Waals surface area (Å²) in [6.45, 7) is 0. The fourth-order valence-corrected chi connectivity index (χ4v) is 2.90. The number of alkyl halides is 3. The normalized spacial score (nSPS) is 16.3. The van der Waals surface area contributed by atoms with Gasteiger partial charge in [0.2, 0.25) is 6.10 Å². The molecule has 0 saturated carbocycles. The number of carboxylic acid groups (broad SMARTS) is 1. The molecule has 28 heavy (non-hydrogen) atoms. The van der Waals surface area contributed by atoms with Crippen molar-refractivity contribution in [3.63, 3.8) is 0 Å². The standard InChI is InChI=1S/C19H11Cl2F3O4/c20-6-5-10-1-3-12(4-2-10)27-16-9-15-11(8-14(16)21)7-13(18(25)26)17(28-15)19(22,23)24/h1-9,17H,(H,25,26). The fraction of sp³-hybridized carbons (Fsp3) is 0.105. The highest BCUT2D eigenvalue weighted by Crippen LogP contribution is 2.42. The third kappa shape index (κ3) is 4.26. The fourth-order valence-electron chi connectivity index (χ4n) is 2.54. The Hall–Kier alpha value is -2.64. The zero-order valence-electron chi connectivity index (χ0n) is 13.8. The van der Waals surface area contributed by atoms with Crippen molar-refractivity contribution in [2.75, 3.05) is 0 Å². The van der Waals surface area contributed by atoms with Crippen molar-refractivity contribution >= 4 is 41.3 Å². The summed E-state index contributed by atoms with van der Waals surface area (Å²) < 4.78 is 50.0. The van der Waals surface area contributed by atoms with Gasteiger partial charge in [-0.25, -0.2) is 4.79 Å². The lowest BCUT2D eigenvalue weighted by Crippen LogP contribution is -2.40. The second-order valence-corrected chi connectivity index (χ2v) is 6.39. The van der Waals surface area contributed by atoms with Gasteiger partial charge in [-0.2, -0.15) is 13.2 Å². The van der Waals surface area contributed by atoms with E-state index in [2.05, 4.69) is 0 Å². The van der Waals surface area contributed by atoms with Crippen molar-refractivity contribution in [1.82, 2.24) is 0 Å². The quantitative estimate of drug-likeness (QED) is 0.633. The molecule has 4 nitrogen and oxygen atoms in total. The predicted molar refractivity (Wildman–Crippen MR) is 98.9 cm³/mol. The highest BCUT2D eigenvalue weighted by atomic mass is 35.5. The molecular formula is C19H11Cl2F3O4. The van der Waals surface area contributed by atoms with Crippen LogP contribution in [-0.4, -0.2) is 23.4 Å². The molecule has 9 heteroatoms. The number of carboxylic acids is 1. The molecular weight excluding hydrogens is 420 g/mol. The van der Waals surface area contributed by atoms with Crippen molar-refractivity contribution in [2.45, 2.75) is 12.3 Å². The highest BCUT2D eigenvalue weighted by Gasteiger charge is 2.48. The van der Waals surface area contributed by atoms with Gasteiger partial charge in [-0.3, -0.25) is 0 Å². The van der Waals surface area contributed by atoms with Crippen LogP contribution in [0.3, 0.4) is 0 Å². The molecule has 0 fully saturated rings. The second-order valence-electron chi connectivity index (χ2n) is 5.73. The summed E-state index contributed by atoms with van der Waals surface area (Å²) in [7, 11) is 0. The molecule has 0 aliphatic carbocycles. The third-order valence-electron chi connectivity index (χ3n) is 3.81. The molecule has 0 spiro atoms. The van der Waals surface area contributed by atoms with Crippen LogP contribution in [0.15, 0.2) is 47.5 Å². The van der Waals surface area contributed by atoms with Gasteiger partial charge in [-0.1, -0.05) is 35.3 Å². The lowest BCUT2D eigenvalue weighted by molar-refractivity contribution is -0.187. The van der Waals surface area contributed by atoms with E-state index in [4.69, 9.17) is 37.8 Å². The van der Waals surface area contributed by atoms with Gasteiger partial charge in [0, 0.05) is 17.2 Å². The van der Waals surface area contributed by atoms with Crippen LogP contribution in [0.1, 0.15) is 11.1 Å². The molecule has 2 aromatic rings. The largest absolute Gasteiger partial charge is 0.478 e. The zero-order chi connectivity index (χ0) is 20.5. The van der Waals surface area contributed by atoms with Crippen LogP contribution in [0.4, 0.5) is 13.2 Å². The van der Waals surface area contributed by atoms with E-state index >= 15 is 0 Å². The number of halogens is 5. The van der Waals surface area contributed by atoms with Crippen molar-refractivity contribution in [2.24, 2.45) is 0 Å².